The molecule has 3 rings (SSSR count). The molecule has 1 heterocycles. The molecule has 136 valence electrons. The van der Waals surface area contributed by atoms with E-state index in [1.54, 1.807) is 36.5 Å². The van der Waals surface area contributed by atoms with E-state index in [9.17, 15) is 4.79 Å². The van der Waals surface area contributed by atoms with E-state index in [4.69, 9.17) is 23.8 Å². The number of halogens is 1. The van der Waals surface area contributed by atoms with Crippen LogP contribution in [0.2, 0.25) is 5.02 Å². The minimum absolute atomic E-state index is 0.259. The number of aromatic nitrogens is 1. The Balaban J connectivity index is 1.57. The van der Waals surface area contributed by atoms with Crippen LogP contribution in [0.4, 0.5) is 17.1 Å². The van der Waals surface area contributed by atoms with Crippen molar-refractivity contribution in [2.24, 2.45) is 0 Å². The normalized spacial score (nSPS) is 10.1. The second kappa shape index (κ2) is 8.62. The molecule has 1 amide bonds. The molecule has 0 aliphatic heterocycles. The lowest BCUT2D eigenvalue weighted by molar-refractivity contribution is 0.102. The highest BCUT2D eigenvalue weighted by Gasteiger charge is 2.07. The van der Waals surface area contributed by atoms with Crippen LogP contribution in [-0.2, 0) is 0 Å². The second-order valence-electron chi connectivity index (χ2n) is 5.79. The van der Waals surface area contributed by atoms with Crippen LogP contribution in [0.3, 0.4) is 0 Å². The third kappa shape index (κ3) is 5.26. The predicted molar refractivity (Wildman–Crippen MR) is 115 cm³/mol. The molecular formula is C20H17ClN4OS. The summed E-state index contributed by atoms with van der Waals surface area (Å²) in [6.07, 6.45) is 1.58. The fourth-order valence-electron chi connectivity index (χ4n) is 2.29. The topological polar surface area (TPSA) is 66.0 Å². The standard InChI is InChI=1S/C20H17ClN4OS/c1-13-5-6-16(12-17(13)21)25-20(27)24-15-9-7-14(8-10-15)23-19(26)18-4-2-3-11-22-18/h2-12H,1H3,(H,23,26)(H2,24,25,27). The molecule has 1 aromatic heterocycles. The van der Waals surface area contributed by atoms with E-state index < -0.39 is 0 Å². The lowest BCUT2D eigenvalue weighted by atomic mass is 10.2. The van der Waals surface area contributed by atoms with Crippen LogP contribution in [-0.4, -0.2) is 16.0 Å². The number of benzene rings is 2. The maximum Gasteiger partial charge on any atom is 0.274 e. The Morgan fingerprint density at radius 1 is 0.926 bits per heavy atom. The number of hydrogen-bond donors (Lipinski definition) is 3. The highest BCUT2D eigenvalue weighted by molar-refractivity contribution is 7.80. The molecule has 3 N–H and O–H groups in total. The largest absolute Gasteiger partial charge is 0.332 e. The van der Waals surface area contributed by atoms with Gasteiger partial charge in [0.05, 0.1) is 0 Å². The summed E-state index contributed by atoms with van der Waals surface area (Å²) in [7, 11) is 0. The number of anilines is 3. The first kappa shape index (κ1) is 18.8. The first-order valence-corrected chi connectivity index (χ1v) is 8.96. The molecular weight excluding hydrogens is 380 g/mol. The number of carbonyl (C=O) groups excluding carboxylic acids is 1. The van der Waals surface area contributed by atoms with Gasteiger partial charge in [-0.25, -0.2) is 0 Å². The number of nitrogens with zero attached hydrogens (tertiary/aromatic N) is 1. The van der Waals surface area contributed by atoms with Crippen LogP contribution in [0, 0.1) is 6.92 Å². The lowest BCUT2D eigenvalue weighted by Crippen LogP contribution is -2.19. The van der Waals surface area contributed by atoms with E-state index in [1.165, 1.54) is 0 Å². The van der Waals surface area contributed by atoms with Crippen molar-refractivity contribution < 1.29 is 4.79 Å². The molecule has 0 saturated carbocycles. The van der Waals surface area contributed by atoms with Crippen LogP contribution < -0.4 is 16.0 Å². The van der Waals surface area contributed by atoms with Crippen molar-refractivity contribution in [1.29, 1.82) is 0 Å². The van der Waals surface area contributed by atoms with Crippen molar-refractivity contribution in [3.8, 4) is 0 Å². The van der Waals surface area contributed by atoms with Crippen LogP contribution in [0.25, 0.3) is 0 Å². The van der Waals surface area contributed by atoms with Gasteiger partial charge in [0.2, 0.25) is 0 Å². The first-order valence-electron chi connectivity index (χ1n) is 8.18. The molecule has 3 aromatic rings. The smallest absolute Gasteiger partial charge is 0.274 e. The number of nitrogens with one attached hydrogen (secondary N) is 3. The van der Waals surface area contributed by atoms with Gasteiger partial charge in [0, 0.05) is 28.3 Å². The van der Waals surface area contributed by atoms with E-state index in [2.05, 4.69) is 20.9 Å². The first-order chi connectivity index (χ1) is 13.0. The summed E-state index contributed by atoms with van der Waals surface area (Å²) >= 11 is 11.4. The maximum absolute atomic E-state index is 12.1. The summed E-state index contributed by atoms with van der Waals surface area (Å²) in [5.41, 5.74) is 3.63. The van der Waals surface area contributed by atoms with Gasteiger partial charge >= 0.3 is 0 Å². The summed E-state index contributed by atoms with van der Waals surface area (Å²) < 4.78 is 0. The van der Waals surface area contributed by atoms with Crippen molar-refractivity contribution in [3.05, 3.63) is 83.1 Å². The number of thiocarbonyl (C=S) groups is 1. The number of aryl methyl sites for hydroxylation is 1. The Morgan fingerprint density at radius 2 is 1.56 bits per heavy atom. The molecule has 0 bridgehead atoms. The Kier molecular flexibility index (Phi) is 6.01. The molecule has 0 radical (unpaired) electrons. The summed E-state index contributed by atoms with van der Waals surface area (Å²) in [6.45, 7) is 1.94. The molecule has 0 fully saturated rings. The third-order valence-corrected chi connectivity index (χ3v) is 4.34. The number of hydrogen-bond acceptors (Lipinski definition) is 3. The fraction of sp³-hybridized carbons (Fsp3) is 0.0500. The van der Waals surface area contributed by atoms with Crippen molar-refractivity contribution >= 4 is 51.9 Å². The van der Waals surface area contributed by atoms with Gasteiger partial charge in [-0.3, -0.25) is 9.78 Å². The van der Waals surface area contributed by atoms with Gasteiger partial charge in [0.1, 0.15) is 5.69 Å². The van der Waals surface area contributed by atoms with Gasteiger partial charge in [-0.15, -0.1) is 0 Å². The molecule has 2 aromatic carbocycles. The summed E-state index contributed by atoms with van der Waals surface area (Å²) in [5.74, 6) is -0.259. The minimum atomic E-state index is -0.259. The van der Waals surface area contributed by atoms with Gasteiger partial charge in [0.25, 0.3) is 5.91 Å². The van der Waals surface area contributed by atoms with Crippen LogP contribution in [0.1, 0.15) is 16.1 Å². The highest BCUT2D eigenvalue weighted by Crippen LogP contribution is 2.20. The van der Waals surface area contributed by atoms with E-state index in [1.807, 2.05) is 37.3 Å². The molecule has 27 heavy (non-hydrogen) atoms. The van der Waals surface area contributed by atoms with Crippen LogP contribution in [0.15, 0.2) is 66.9 Å². The monoisotopic (exact) mass is 396 g/mol. The minimum Gasteiger partial charge on any atom is -0.332 e. The number of carbonyl (C=O) groups is 1. The SMILES string of the molecule is Cc1ccc(NC(=S)Nc2ccc(NC(=O)c3ccccn3)cc2)cc1Cl. The van der Waals surface area contributed by atoms with E-state index >= 15 is 0 Å². The zero-order valence-electron chi connectivity index (χ0n) is 14.5. The van der Waals surface area contributed by atoms with Crippen molar-refractivity contribution in [3.63, 3.8) is 0 Å². The molecule has 0 saturated heterocycles. The molecule has 0 atom stereocenters. The molecule has 0 spiro atoms. The Morgan fingerprint density at radius 3 is 2.19 bits per heavy atom. The van der Waals surface area contributed by atoms with Crippen LogP contribution in [0.5, 0.6) is 0 Å². The average Bonchev–Trinajstić information content (AvgIpc) is 2.67. The lowest BCUT2D eigenvalue weighted by Gasteiger charge is -2.12. The summed E-state index contributed by atoms with van der Waals surface area (Å²) in [4.78, 5) is 16.1. The number of amides is 1. The molecule has 5 nitrogen and oxygen atoms in total. The van der Waals surface area contributed by atoms with Gasteiger partial charge < -0.3 is 16.0 Å². The second-order valence-corrected chi connectivity index (χ2v) is 6.60. The van der Waals surface area contributed by atoms with Gasteiger partial charge in [-0.05, 0) is 73.2 Å². The average molecular weight is 397 g/mol. The van der Waals surface area contributed by atoms with Crippen LogP contribution >= 0.6 is 23.8 Å². The quantitative estimate of drug-likeness (QED) is 0.535. The molecule has 0 unspecified atom stereocenters. The molecule has 0 aliphatic rings. The van der Waals surface area contributed by atoms with Gasteiger partial charge in [-0.1, -0.05) is 23.7 Å². The fourth-order valence-corrected chi connectivity index (χ4v) is 2.71. The van der Waals surface area contributed by atoms with E-state index in [0.29, 0.717) is 21.5 Å². The summed E-state index contributed by atoms with van der Waals surface area (Å²) in [6, 6.07) is 18.1. The highest BCUT2D eigenvalue weighted by atomic mass is 35.5. The Labute approximate surface area is 167 Å². The van der Waals surface area contributed by atoms with Gasteiger partial charge in [0.15, 0.2) is 5.11 Å². The number of pyridine rings is 1. The number of rotatable bonds is 4. The summed E-state index contributed by atoms with van der Waals surface area (Å²) in [5, 5.41) is 10.1. The zero-order chi connectivity index (χ0) is 19.2. The third-order valence-electron chi connectivity index (χ3n) is 3.73. The Bertz CT molecular complexity index is 961. The van der Waals surface area contributed by atoms with Crippen molar-refractivity contribution in [2.45, 2.75) is 6.92 Å². The van der Waals surface area contributed by atoms with Crippen molar-refractivity contribution in [2.75, 3.05) is 16.0 Å². The molecule has 0 aliphatic carbocycles. The molecule has 7 heteroatoms. The van der Waals surface area contributed by atoms with Crippen molar-refractivity contribution in [1.82, 2.24) is 4.98 Å². The predicted octanol–water partition coefficient (Wildman–Crippen LogP) is 5.10. The maximum atomic E-state index is 12.1. The van der Waals surface area contributed by atoms with E-state index in [-0.39, 0.29) is 5.91 Å². The zero-order valence-corrected chi connectivity index (χ0v) is 16.1. The van der Waals surface area contributed by atoms with E-state index in [0.717, 1.165) is 16.9 Å². The Hall–Kier alpha value is -2.96. The van der Waals surface area contributed by atoms with Gasteiger partial charge in [-0.2, -0.15) is 0 Å².